The number of hydrogen-bond acceptors (Lipinski definition) is 8. The number of nitrogens with zero attached hydrogens (tertiary/aromatic N) is 2. The van der Waals surface area contributed by atoms with Gasteiger partial charge >= 0.3 is 37.4 Å². The molecule has 0 N–H and O–H groups in total. The van der Waals surface area contributed by atoms with E-state index in [0.29, 0.717) is 22.7 Å². The molecule has 0 spiro atoms. The van der Waals surface area contributed by atoms with Crippen LogP contribution in [0.3, 0.4) is 0 Å². The SMILES string of the molecule is N#Cc1cc[c-]cc1.[C-]#[N+]c1ccc(OC(=O)c2ccc(OC(=O)CCC(=O)Oc3cc[c-]cc3)cc2)cc1.[O]=[Co]. The van der Waals surface area contributed by atoms with E-state index >= 15 is 0 Å². The number of rotatable bonds is 7. The third kappa shape index (κ3) is 11.9. The molecule has 0 unspecified atom stereocenters. The molecule has 0 saturated carbocycles. The Bertz CT molecular complexity index is 1500. The number of carbonyl (C=O) groups excluding carboxylic acids is 3. The topological polar surface area (TPSA) is 124 Å². The molecule has 4 aromatic carbocycles. The molecule has 0 saturated heterocycles. The Morgan fingerprint density at radius 1 is 0.707 bits per heavy atom. The van der Waals surface area contributed by atoms with E-state index in [1.165, 1.54) is 36.4 Å². The molecule has 0 bridgehead atoms. The molecule has 9 nitrogen and oxygen atoms in total. The number of hydrogen-bond donors (Lipinski definition) is 0. The van der Waals surface area contributed by atoms with Gasteiger partial charge in [0.15, 0.2) is 5.69 Å². The third-order valence-corrected chi connectivity index (χ3v) is 4.80. The average Bonchev–Trinajstić information content (AvgIpc) is 3.03. The molecular weight excluding hydrogens is 571 g/mol. The molecular formula is C31H20CoN2O7-2. The van der Waals surface area contributed by atoms with Crippen LogP contribution in [0.15, 0.2) is 97.1 Å². The summed E-state index contributed by atoms with van der Waals surface area (Å²) in [4.78, 5) is 39.2. The molecule has 4 aromatic rings. The Morgan fingerprint density at radius 2 is 1.15 bits per heavy atom. The summed E-state index contributed by atoms with van der Waals surface area (Å²) >= 11 is 2.31. The molecule has 10 heteroatoms. The first-order chi connectivity index (χ1) is 20.0. The van der Waals surface area contributed by atoms with E-state index in [2.05, 4.69) is 32.6 Å². The monoisotopic (exact) mass is 591 g/mol. The number of esters is 3. The summed E-state index contributed by atoms with van der Waals surface area (Å²) in [5, 5.41) is 8.27. The minimum absolute atomic E-state index is 0.131. The van der Waals surface area contributed by atoms with Crippen LogP contribution in [0.25, 0.3) is 4.85 Å². The van der Waals surface area contributed by atoms with E-state index in [4.69, 9.17) is 29.9 Å². The van der Waals surface area contributed by atoms with Crippen LogP contribution in [0.4, 0.5) is 5.69 Å². The molecule has 4 rings (SSSR count). The van der Waals surface area contributed by atoms with E-state index in [0.717, 1.165) is 0 Å². The summed E-state index contributed by atoms with van der Waals surface area (Å²) in [7, 11) is 0. The van der Waals surface area contributed by atoms with Crippen LogP contribution in [0, 0.1) is 30.0 Å². The van der Waals surface area contributed by atoms with Crippen molar-refractivity contribution < 1.29 is 48.1 Å². The predicted molar refractivity (Wildman–Crippen MR) is 141 cm³/mol. The quantitative estimate of drug-likeness (QED) is 0.150. The Kier molecular flexibility index (Phi) is 13.9. The van der Waals surface area contributed by atoms with E-state index in [1.807, 2.05) is 6.07 Å². The molecule has 0 aromatic heterocycles. The Balaban J connectivity index is 0.000000500. The van der Waals surface area contributed by atoms with Crippen LogP contribution >= 0.6 is 0 Å². The maximum absolute atomic E-state index is 12.2. The zero-order chi connectivity index (χ0) is 29.9. The molecule has 0 aliphatic carbocycles. The fraction of sp³-hybridized carbons (Fsp3) is 0.0645. The maximum atomic E-state index is 12.2. The number of benzene rings is 4. The van der Waals surface area contributed by atoms with Crippen molar-refractivity contribution in [2.45, 2.75) is 12.8 Å². The zero-order valence-electron chi connectivity index (χ0n) is 21.2. The van der Waals surface area contributed by atoms with E-state index in [9.17, 15) is 14.4 Å². The van der Waals surface area contributed by atoms with Gasteiger partial charge in [-0.05, 0) is 36.4 Å². The van der Waals surface area contributed by atoms with Crippen molar-refractivity contribution in [1.29, 1.82) is 5.26 Å². The van der Waals surface area contributed by atoms with Crippen molar-refractivity contribution in [1.82, 2.24) is 0 Å². The molecule has 0 aliphatic rings. The Hall–Kier alpha value is -5.42. The van der Waals surface area contributed by atoms with Gasteiger partial charge in [0.25, 0.3) is 0 Å². The summed E-state index contributed by atoms with van der Waals surface area (Å²) in [6.07, 6.45) is -0.281. The third-order valence-electron chi connectivity index (χ3n) is 4.80. The molecule has 0 radical (unpaired) electrons. The van der Waals surface area contributed by atoms with Gasteiger partial charge in [-0.1, -0.05) is 17.7 Å². The summed E-state index contributed by atoms with van der Waals surface area (Å²) < 4.78 is 23.4. The molecule has 0 atom stereocenters. The molecule has 41 heavy (non-hydrogen) atoms. The fourth-order valence-corrected chi connectivity index (χ4v) is 2.88. The Labute approximate surface area is 244 Å². The van der Waals surface area contributed by atoms with E-state index < -0.39 is 17.9 Å². The molecule has 0 amide bonds. The van der Waals surface area contributed by atoms with Crippen LogP contribution in [0.1, 0.15) is 28.8 Å². The van der Waals surface area contributed by atoms with Crippen molar-refractivity contribution in [2.75, 3.05) is 0 Å². The average molecular weight is 591 g/mol. The number of carbonyl (C=O) groups is 3. The molecule has 0 aliphatic heterocycles. The summed E-state index contributed by atoms with van der Waals surface area (Å²) in [6, 6.07) is 32.9. The van der Waals surface area contributed by atoms with Crippen LogP contribution in [0.2, 0.25) is 0 Å². The summed E-state index contributed by atoms with van der Waals surface area (Å²) in [5.41, 5.74) is 1.39. The van der Waals surface area contributed by atoms with Crippen LogP contribution in [-0.4, -0.2) is 17.9 Å². The van der Waals surface area contributed by atoms with Crippen molar-refractivity contribution in [3.05, 3.63) is 132 Å². The number of ether oxygens (including phenoxy) is 3. The van der Waals surface area contributed by atoms with Crippen molar-refractivity contribution in [3.8, 4) is 23.3 Å². The Morgan fingerprint density at radius 3 is 1.61 bits per heavy atom. The fourth-order valence-electron chi connectivity index (χ4n) is 2.88. The number of nitriles is 1. The van der Waals surface area contributed by atoms with Crippen molar-refractivity contribution in [3.63, 3.8) is 0 Å². The van der Waals surface area contributed by atoms with Crippen LogP contribution in [0.5, 0.6) is 17.2 Å². The van der Waals surface area contributed by atoms with E-state index in [1.54, 1.807) is 60.7 Å². The summed E-state index contributed by atoms with van der Waals surface area (Å²) in [5.74, 6) is -0.820. The molecule has 0 heterocycles. The van der Waals surface area contributed by atoms with Crippen LogP contribution < -0.4 is 14.2 Å². The van der Waals surface area contributed by atoms with Gasteiger partial charge in [-0.2, -0.15) is 53.8 Å². The molecule has 0 fully saturated rings. The standard InChI is InChI=1S/C24H16NO6.C7H4N.Co.O/c1-25-18-9-13-21(14-10-18)31-24(28)17-7-11-20(12-8-17)30-23(27)16-15-22(26)29-19-5-3-2-4-6-19;8-6-7-4-2-1-3-5-7;;/h3-14H,15-16H2;2-5H;;/q2*-1;;. The van der Waals surface area contributed by atoms with Gasteiger partial charge in [-0.25, -0.2) is 9.64 Å². The predicted octanol–water partition coefficient (Wildman–Crippen LogP) is 5.79. The summed E-state index contributed by atoms with van der Waals surface area (Å²) in [6.45, 7) is 6.91. The first-order valence-corrected chi connectivity index (χ1v) is 12.1. The van der Waals surface area contributed by atoms with Crippen LogP contribution in [-0.2, 0) is 29.1 Å². The van der Waals surface area contributed by atoms with Gasteiger partial charge in [0.1, 0.15) is 11.5 Å². The normalized spacial score (nSPS) is 9.15. The van der Waals surface area contributed by atoms with Gasteiger partial charge < -0.3 is 14.2 Å². The van der Waals surface area contributed by atoms with Crippen molar-refractivity contribution >= 4 is 23.6 Å². The van der Waals surface area contributed by atoms with Gasteiger partial charge in [0, 0.05) is 5.75 Å². The van der Waals surface area contributed by atoms with Gasteiger partial charge in [-0.3, -0.25) is 9.59 Å². The first kappa shape index (κ1) is 31.8. The minimum atomic E-state index is -0.603. The first-order valence-electron chi connectivity index (χ1n) is 11.6. The second-order valence-corrected chi connectivity index (χ2v) is 7.60. The van der Waals surface area contributed by atoms with Gasteiger partial charge in [0.05, 0.1) is 31.0 Å². The van der Waals surface area contributed by atoms with E-state index in [-0.39, 0.29) is 24.2 Å². The van der Waals surface area contributed by atoms with Crippen molar-refractivity contribution in [2.24, 2.45) is 0 Å². The second-order valence-electron chi connectivity index (χ2n) is 7.60. The molecule has 207 valence electrons. The second kappa shape index (κ2) is 18.0. The van der Waals surface area contributed by atoms with Gasteiger partial charge in [0.2, 0.25) is 0 Å². The zero-order valence-corrected chi connectivity index (χ0v) is 22.3. The van der Waals surface area contributed by atoms with Gasteiger partial charge in [-0.15, -0.1) is 12.1 Å².